The van der Waals surface area contributed by atoms with Crippen molar-refractivity contribution in [2.75, 3.05) is 22.7 Å². The number of aromatic carboxylic acids is 1. The minimum absolute atomic E-state index is 0.0818. The van der Waals surface area contributed by atoms with E-state index in [0.29, 0.717) is 18.2 Å². The van der Waals surface area contributed by atoms with Crippen LogP contribution in [0.15, 0.2) is 47.4 Å². The molecule has 36 heavy (non-hydrogen) atoms. The van der Waals surface area contributed by atoms with Crippen molar-refractivity contribution in [3.05, 3.63) is 53.6 Å². The largest absolute Gasteiger partial charge is 0.490 e. The molecule has 2 aromatic carbocycles. The van der Waals surface area contributed by atoms with Gasteiger partial charge in [-0.2, -0.15) is 13.2 Å². The number of nitrogens with zero attached hydrogens (tertiary/aromatic N) is 1. The number of sulfonamides is 1. The minimum atomic E-state index is -5.08. The molecule has 0 atom stereocenters. The molecule has 0 heterocycles. The highest BCUT2D eigenvalue weighted by molar-refractivity contribution is 7.92. The lowest BCUT2D eigenvalue weighted by Crippen LogP contribution is -2.26. The number of nitrogens with one attached hydrogen (secondary N) is 1. The summed E-state index contributed by atoms with van der Waals surface area (Å²) >= 11 is 0. The maximum absolute atomic E-state index is 12.7. The maximum Gasteiger partial charge on any atom is 0.490 e. The number of rotatable bonds is 10. The van der Waals surface area contributed by atoms with Crippen LogP contribution in [0.25, 0.3) is 0 Å². The van der Waals surface area contributed by atoms with Gasteiger partial charge < -0.3 is 15.1 Å². The molecule has 0 aromatic heterocycles. The molecule has 0 amide bonds. The van der Waals surface area contributed by atoms with E-state index < -0.39 is 28.1 Å². The van der Waals surface area contributed by atoms with Crippen molar-refractivity contribution in [2.45, 2.75) is 57.5 Å². The van der Waals surface area contributed by atoms with Gasteiger partial charge in [-0.3, -0.25) is 4.72 Å². The van der Waals surface area contributed by atoms with E-state index in [1.165, 1.54) is 6.07 Å². The Balaban J connectivity index is 0.000000809. The van der Waals surface area contributed by atoms with Gasteiger partial charge >= 0.3 is 18.1 Å². The van der Waals surface area contributed by atoms with Crippen LogP contribution in [-0.4, -0.2) is 49.8 Å². The maximum atomic E-state index is 12.7. The van der Waals surface area contributed by atoms with Crippen molar-refractivity contribution in [1.82, 2.24) is 0 Å². The number of benzene rings is 2. The fraction of sp³-hybridized carbons (Fsp3) is 0.417. The molecule has 0 radical (unpaired) electrons. The monoisotopic (exact) mass is 532 g/mol. The number of unbranched alkanes of at least 4 members (excludes halogenated alkanes) is 1. The van der Waals surface area contributed by atoms with Crippen LogP contribution in [0.5, 0.6) is 0 Å². The Bertz CT molecular complexity index is 1130. The normalized spacial score (nSPS) is 11.4. The number of anilines is 2. The van der Waals surface area contributed by atoms with Gasteiger partial charge in [0.2, 0.25) is 0 Å². The molecule has 200 valence electrons. The highest BCUT2D eigenvalue weighted by Crippen LogP contribution is 2.27. The molecule has 0 spiro atoms. The summed E-state index contributed by atoms with van der Waals surface area (Å²) in [5, 5.41) is 16.8. The van der Waals surface area contributed by atoms with E-state index >= 15 is 0 Å². The summed E-state index contributed by atoms with van der Waals surface area (Å²) in [6.07, 6.45) is -3.12. The third-order valence-electron chi connectivity index (χ3n) is 5.08. The number of halogens is 3. The van der Waals surface area contributed by atoms with E-state index in [1.807, 2.05) is 25.7 Å². The molecule has 2 rings (SSSR count). The van der Waals surface area contributed by atoms with Gasteiger partial charge in [0.1, 0.15) is 0 Å². The summed E-state index contributed by atoms with van der Waals surface area (Å²) in [5.74, 6) is -3.54. The van der Waals surface area contributed by atoms with Gasteiger partial charge in [-0.1, -0.05) is 39.3 Å². The van der Waals surface area contributed by atoms with Crippen LogP contribution >= 0.6 is 0 Å². The third kappa shape index (κ3) is 9.06. The van der Waals surface area contributed by atoms with Crippen LogP contribution in [0.1, 0.15) is 62.4 Å². The number of alkyl halides is 3. The van der Waals surface area contributed by atoms with Gasteiger partial charge in [0.15, 0.2) is 0 Å². The predicted octanol–water partition coefficient (Wildman–Crippen LogP) is 5.57. The number of hydrogen-bond donors (Lipinski definition) is 3. The third-order valence-corrected chi connectivity index (χ3v) is 6.48. The summed E-state index contributed by atoms with van der Waals surface area (Å²) in [6.45, 7) is 9.55. The summed E-state index contributed by atoms with van der Waals surface area (Å²) < 4.78 is 59.7. The first-order valence-corrected chi connectivity index (χ1v) is 12.7. The van der Waals surface area contributed by atoms with Crippen molar-refractivity contribution in [1.29, 1.82) is 0 Å². The predicted molar refractivity (Wildman–Crippen MR) is 131 cm³/mol. The summed E-state index contributed by atoms with van der Waals surface area (Å²) in [4.78, 5) is 22.8. The fourth-order valence-corrected chi connectivity index (χ4v) is 4.14. The first kappa shape index (κ1) is 30.8. The molecule has 0 fully saturated rings. The van der Waals surface area contributed by atoms with Gasteiger partial charge in [0.05, 0.1) is 16.1 Å². The molecule has 8 nitrogen and oxygen atoms in total. The smallest absolute Gasteiger partial charge is 0.478 e. The van der Waals surface area contributed by atoms with Crippen LogP contribution in [0, 0.1) is 0 Å². The zero-order valence-electron chi connectivity index (χ0n) is 20.5. The van der Waals surface area contributed by atoms with Gasteiger partial charge in [-0.05, 0) is 55.2 Å². The molecular weight excluding hydrogens is 501 g/mol. The summed E-state index contributed by atoms with van der Waals surface area (Å²) in [7, 11) is -3.81. The zero-order chi connectivity index (χ0) is 27.7. The molecule has 0 bridgehead atoms. The molecule has 0 unspecified atom stereocenters. The van der Waals surface area contributed by atoms with Gasteiger partial charge in [-0.15, -0.1) is 0 Å². The Morgan fingerprint density at radius 3 is 2.00 bits per heavy atom. The number of carboxylic acid groups (broad SMARTS) is 2. The highest BCUT2D eigenvalue weighted by atomic mass is 32.2. The first-order chi connectivity index (χ1) is 16.6. The molecule has 3 N–H and O–H groups in total. The van der Waals surface area contributed by atoms with Crippen molar-refractivity contribution >= 4 is 33.3 Å². The number of carbonyl (C=O) groups is 2. The van der Waals surface area contributed by atoms with E-state index in [0.717, 1.165) is 24.9 Å². The fourth-order valence-electron chi connectivity index (χ4n) is 3.09. The van der Waals surface area contributed by atoms with Crippen LogP contribution in [0.4, 0.5) is 24.5 Å². The highest BCUT2D eigenvalue weighted by Gasteiger charge is 2.38. The first-order valence-electron chi connectivity index (χ1n) is 11.2. The second kappa shape index (κ2) is 13.1. The Morgan fingerprint density at radius 1 is 1.03 bits per heavy atom. The lowest BCUT2D eigenvalue weighted by Gasteiger charge is -2.25. The molecule has 0 aliphatic heterocycles. The Morgan fingerprint density at radius 2 is 1.58 bits per heavy atom. The van der Waals surface area contributed by atoms with Gasteiger partial charge in [-0.25, -0.2) is 18.0 Å². The van der Waals surface area contributed by atoms with E-state index in [2.05, 4.69) is 11.6 Å². The molecule has 0 saturated carbocycles. The van der Waals surface area contributed by atoms with Crippen LogP contribution < -0.4 is 9.62 Å². The van der Waals surface area contributed by atoms with E-state index in [-0.39, 0.29) is 16.1 Å². The quantitative estimate of drug-likeness (QED) is 0.365. The van der Waals surface area contributed by atoms with Crippen LogP contribution in [0.2, 0.25) is 0 Å². The average Bonchev–Trinajstić information content (AvgIpc) is 2.79. The SMILES string of the molecule is CCCCN(CC)c1ccc(NS(=O)(=O)c2ccc(C(C)C)cc2)cc1C(=O)O.O=C(O)C(F)(F)F. The molecular formula is C24H31F3N2O6S. The topological polar surface area (TPSA) is 124 Å². The van der Waals surface area contributed by atoms with Crippen LogP contribution in [-0.2, 0) is 14.8 Å². The zero-order valence-corrected chi connectivity index (χ0v) is 21.3. The second-order valence-corrected chi connectivity index (χ2v) is 9.78. The van der Waals surface area contributed by atoms with Crippen molar-refractivity contribution in [3.63, 3.8) is 0 Å². The van der Waals surface area contributed by atoms with E-state index in [9.17, 15) is 31.5 Å². The van der Waals surface area contributed by atoms with Crippen molar-refractivity contribution in [3.8, 4) is 0 Å². The Labute approximate surface area is 208 Å². The lowest BCUT2D eigenvalue weighted by molar-refractivity contribution is -0.192. The number of aliphatic carboxylic acids is 1. The van der Waals surface area contributed by atoms with E-state index in [1.54, 1.807) is 36.4 Å². The lowest BCUT2D eigenvalue weighted by atomic mass is 10.0. The van der Waals surface area contributed by atoms with Crippen molar-refractivity contribution < 1.29 is 41.4 Å². The molecule has 12 heteroatoms. The minimum Gasteiger partial charge on any atom is -0.478 e. The standard InChI is InChI=1S/C22H30N2O4S.C2HF3O2/c1-5-7-14-24(6-2)21-13-10-18(15-20(21)22(25)26)23-29(27,28)19-11-8-17(9-12-19)16(3)4;3-2(4,5)1(6)7/h8-13,15-16,23H,5-7,14H2,1-4H3,(H,25,26);(H,6,7). The Kier molecular flexibility index (Phi) is 11.2. The molecule has 0 aliphatic carbocycles. The summed E-state index contributed by atoms with van der Waals surface area (Å²) in [6, 6.07) is 11.4. The van der Waals surface area contributed by atoms with Crippen molar-refractivity contribution in [2.24, 2.45) is 0 Å². The van der Waals surface area contributed by atoms with E-state index in [4.69, 9.17) is 9.90 Å². The Hall–Kier alpha value is -3.28. The average molecular weight is 533 g/mol. The molecule has 0 aliphatic rings. The molecule has 2 aromatic rings. The van der Waals surface area contributed by atoms with Crippen LogP contribution in [0.3, 0.4) is 0 Å². The number of carboxylic acids is 2. The molecule has 0 saturated heterocycles. The van der Waals surface area contributed by atoms with Gasteiger partial charge in [0, 0.05) is 18.8 Å². The number of hydrogen-bond acceptors (Lipinski definition) is 5. The summed E-state index contributed by atoms with van der Waals surface area (Å²) in [5.41, 5.74) is 1.95. The van der Waals surface area contributed by atoms with Gasteiger partial charge in [0.25, 0.3) is 10.0 Å². The second-order valence-electron chi connectivity index (χ2n) is 8.10.